The van der Waals surface area contributed by atoms with Crippen molar-refractivity contribution in [2.45, 2.75) is 18.9 Å². The quantitative estimate of drug-likeness (QED) is 0.541. The number of nitrogens with one attached hydrogen (secondary N) is 1. The fourth-order valence-corrected chi connectivity index (χ4v) is 3.48. The molecule has 0 saturated carbocycles. The first-order valence-electron chi connectivity index (χ1n) is 10.7. The molecule has 2 aromatic carbocycles. The fourth-order valence-electron chi connectivity index (χ4n) is 3.48. The van der Waals surface area contributed by atoms with Crippen molar-refractivity contribution in [2.75, 3.05) is 27.3 Å². The summed E-state index contributed by atoms with van der Waals surface area (Å²) in [6.07, 6.45) is 1.29. The molecule has 1 unspecified atom stereocenters. The van der Waals surface area contributed by atoms with E-state index in [2.05, 4.69) is 21.5 Å². The van der Waals surface area contributed by atoms with E-state index in [1.165, 1.54) is 14.2 Å². The molecule has 0 aliphatic carbocycles. The van der Waals surface area contributed by atoms with Crippen LogP contribution in [0.5, 0.6) is 11.5 Å². The highest BCUT2D eigenvalue weighted by molar-refractivity contribution is 5.94. The first-order valence-corrected chi connectivity index (χ1v) is 10.7. The third-order valence-corrected chi connectivity index (χ3v) is 5.51. The van der Waals surface area contributed by atoms with Gasteiger partial charge in [-0.15, -0.1) is 0 Å². The number of hydrogen-bond acceptors (Lipinski definition) is 8. The Morgan fingerprint density at radius 1 is 1.15 bits per heavy atom. The van der Waals surface area contributed by atoms with Crippen LogP contribution in [0.2, 0.25) is 0 Å². The van der Waals surface area contributed by atoms with Crippen LogP contribution >= 0.6 is 0 Å². The van der Waals surface area contributed by atoms with Gasteiger partial charge < -0.3 is 24.2 Å². The SMILES string of the molecule is COc1ccc(-c2noc(C(=O)NC(C#N)Cc3ccc(C(=O)N4CCC4)cc3)n2)cc1OC. The number of amides is 2. The summed E-state index contributed by atoms with van der Waals surface area (Å²) < 4.78 is 15.6. The lowest BCUT2D eigenvalue weighted by atomic mass is 10.0. The molecule has 1 aromatic heterocycles. The van der Waals surface area contributed by atoms with Crippen LogP contribution in [0.15, 0.2) is 47.0 Å². The zero-order chi connectivity index (χ0) is 24.1. The van der Waals surface area contributed by atoms with E-state index >= 15 is 0 Å². The van der Waals surface area contributed by atoms with Gasteiger partial charge in [0.05, 0.1) is 20.3 Å². The van der Waals surface area contributed by atoms with Crippen LogP contribution < -0.4 is 14.8 Å². The molecule has 0 bridgehead atoms. The third-order valence-electron chi connectivity index (χ3n) is 5.51. The van der Waals surface area contributed by atoms with Gasteiger partial charge in [0.25, 0.3) is 5.91 Å². The van der Waals surface area contributed by atoms with Crippen LogP contribution in [-0.4, -0.2) is 60.2 Å². The van der Waals surface area contributed by atoms with Gasteiger partial charge in [0.2, 0.25) is 5.82 Å². The second-order valence-corrected chi connectivity index (χ2v) is 7.69. The van der Waals surface area contributed by atoms with Crippen LogP contribution in [0.3, 0.4) is 0 Å². The van der Waals surface area contributed by atoms with E-state index in [9.17, 15) is 14.9 Å². The Kier molecular flexibility index (Phi) is 6.73. The molecule has 1 fully saturated rings. The maximum Gasteiger partial charge on any atom is 0.316 e. The molecule has 34 heavy (non-hydrogen) atoms. The second kappa shape index (κ2) is 10.0. The average molecular weight is 461 g/mol. The molecule has 10 nitrogen and oxygen atoms in total. The summed E-state index contributed by atoms with van der Waals surface area (Å²) in [5.74, 6) is 0.308. The lowest BCUT2D eigenvalue weighted by Gasteiger charge is -2.30. The minimum absolute atomic E-state index is 0.00427. The minimum Gasteiger partial charge on any atom is -0.493 e. The van der Waals surface area contributed by atoms with Crippen molar-refractivity contribution in [1.29, 1.82) is 5.26 Å². The molecule has 174 valence electrons. The standard InChI is InChI=1S/C24H23N5O5/c1-32-19-9-8-17(13-20(19)33-2)21-27-23(34-28-21)22(30)26-18(14-25)12-15-4-6-16(7-5-15)24(31)29-10-3-11-29/h4-9,13,18H,3,10-12H2,1-2H3,(H,26,30). The number of methoxy groups -OCH3 is 2. The molecule has 4 rings (SSSR count). The average Bonchev–Trinajstić information content (AvgIpc) is 3.33. The number of benzene rings is 2. The van der Waals surface area contributed by atoms with Gasteiger partial charge in [-0.25, -0.2) is 0 Å². The smallest absolute Gasteiger partial charge is 0.316 e. The number of nitriles is 1. The summed E-state index contributed by atoms with van der Waals surface area (Å²) >= 11 is 0. The molecule has 0 radical (unpaired) electrons. The van der Waals surface area contributed by atoms with E-state index in [-0.39, 0.29) is 24.0 Å². The molecule has 1 saturated heterocycles. The van der Waals surface area contributed by atoms with E-state index in [1.54, 1.807) is 47.4 Å². The monoisotopic (exact) mass is 461 g/mol. The molecule has 2 amide bonds. The van der Waals surface area contributed by atoms with Crippen molar-refractivity contribution in [3.63, 3.8) is 0 Å². The Morgan fingerprint density at radius 3 is 2.50 bits per heavy atom. The van der Waals surface area contributed by atoms with Gasteiger partial charge in [0, 0.05) is 30.6 Å². The minimum atomic E-state index is -0.819. The predicted molar refractivity (Wildman–Crippen MR) is 120 cm³/mol. The van der Waals surface area contributed by atoms with E-state index in [4.69, 9.17) is 14.0 Å². The summed E-state index contributed by atoms with van der Waals surface area (Å²) in [6, 6.07) is 13.4. The number of aromatic nitrogens is 2. The Hall–Kier alpha value is -4.39. The number of carbonyl (C=O) groups is 2. The molecule has 1 N–H and O–H groups in total. The zero-order valence-electron chi connectivity index (χ0n) is 18.8. The second-order valence-electron chi connectivity index (χ2n) is 7.69. The van der Waals surface area contributed by atoms with Gasteiger partial charge in [0.1, 0.15) is 6.04 Å². The van der Waals surface area contributed by atoms with Crippen molar-refractivity contribution in [3.05, 3.63) is 59.5 Å². The highest BCUT2D eigenvalue weighted by Gasteiger charge is 2.23. The largest absolute Gasteiger partial charge is 0.493 e. The number of likely N-dealkylation sites (tertiary alicyclic amines) is 1. The highest BCUT2D eigenvalue weighted by Crippen LogP contribution is 2.31. The number of carbonyl (C=O) groups excluding carboxylic acids is 2. The van der Waals surface area contributed by atoms with E-state index in [0.29, 0.717) is 22.6 Å². The fraction of sp³-hybridized carbons (Fsp3) is 0.292. The molecule has 1 atom stereocenters. The highest BCUT2D eigenvalue weighted by atomic mass is 16.5. The lowest BCUT2D eigenvalue weighted by Crippen LogP contribution is -2.42. The van der Waals surface area contributed by atoms with Gasteiger partial charge in [-0.3, -0.25) is 9.59 Å². The Balaban J connectivity index is 1.39. The Morgan fingerprint density at radius 2 is 1.88 bits per heavy atom. The van der Waals surface area contributed by atoms with Crippen LogP contribution in [-0.2, 0) is 6.42 Å². The summed E-state index contributed by atoms with van der Waals surface area (Å²) in [5, 5.41) is 16.0. The summed E-state index contributed by atoms with van der Waals surface area (Å²) in [5.41, 5.74) is 1.99. The van der Waals surface area contributed by atoms with Crippen molar-refractivity contribution in [3.8, 4) is 29.0 Å². The summed E-state index contributed by atoms with van der Waals surface area (Å²) in [6.45, 7) is 1.57. The van der Waals surface area contributed by atoms with Crippen molar-refractivity contribution >= 4 is 11.8 Å². The van der Waals surface area contributed by atoms with Crippen molar-refractivity contribution < 1.29 is 23.6 Å². The van der Waals surface area contributed by atoms with E-state index in [0.717, 1.165) is 25.1 Å². The van der Waals surface area contributed by atoms with Gasteiger partial charge in [0.15, 0.2) is 11.5 Å². The Bertz CT molecular complexity index is 1230. The maximum atomic E-state index is 12.6. The van der Waals surface area contributed by atoms with Crippen LogP contribution in [0, 0.1) is 11.3 Å². The van der Waals surface area contributed by atoms with Gasteiger partial charge >= 0.3 is 11.8 Å². The van der Waals surface area contributed by atoms with Crippen LogP contribution in [0.25, 0.3) is 11.4 Å². The molecule has 3 aromatic rings. The molecule has 10 heteroatoms. The normalized spacial score (nSPS) is 13.4. The molecular formula is C24H23N5O5. The number of nitrogens with zero attached hydrogens (tertiary/aromatic N) is 4. The molecule has 1 aliphatic heterocycles. The first-order chi connectivity index (χ1) is 16.5. The molecule has 0 spiro atoms. The van der Waals surface area contributed by atoms with Crippen LogP contribution in [0.4, 0.5) is 0 Å². The third kappa shape index (κ3) is 4.83. The van der Waals surface area contributed by atoms with E-state index < -0.39 is 11.9 Å². The maximum absolute atomic E-state index is 12.6. The van der Waals surface area contributed by atoms with Gasteiger partial charge in [-0.1, -0.05) is 17.3 Å². The summed E-state index contributed by atoms with van der Waals surface area (Å²) in [7, 11) is 3.04. The number of ether oxygens (including phenoxy) is 2. The van der Waals surface area contributed by atoms with E-state index in [1.807, 2.05) is 0 Å². The zero-order valence-corrected chi connectivity index (χ0v) is 18.8. The number of rotatable bonds is 8. The number of hydrogen-bond donors (Lipinski definition) is 1. The van der Waals surface area contributed by atoms with Crippen LogP contribution in [0.1, 0.15) is 33.0 Å². The first kappa shape index (κ1) is 22.8. The van der Waals surface area contributed by atoms with Crippen molar-refractivity contribution in [1.82, 2.24) is 20.4 Å². The van der Waals surface area contributed by atoms with Crippen molar-refractivity contribution in [2.24, 2.45) is 0 Å². The van der Waals surface area contributed by atoms with Gasteiger partial charge in [-0.2, -0.15) is 10.2 Å². The lowest BCUT2D eigenvalue weighted by molar-refractivity contribution is 0.0651. The topological polar surface area (TPSA) is 131 Å². The molecule has 1 aliphatic rings. The predicted octanol–water partition coefficient (Wildman–Crippen LogP) is 2.46. The molecule has 2 heterocycles. The Labute approximate surface area is 196 Å². The molecular weight excluding hydrogens is 438 g/mol. The van der Waals surface area contributed by atoms with Gasteiger partial charge in [-0.05, 0) is 42.3 Å². The summed E-state index contributed by atoms with van der Waals surface area (Å²) in [4.78, 5) is 30.8.